The van der Waals surface area contributed by atoms with E-state index in [-0.39, 0.29) is 24.1 Å². The molecule has 0 unspecified atom stereocenters. The van der Waals surface area contributed by atoms with E-state index in [4.69, 9.17) is 4.74 Å². The Bertz CT molecular complexity index is 816. The molecule has 0 spiro atoms. The van der Waals surface area contributed by atoms with Gasteiger partial charge in [0, 0.05) is 18.5 Å². The van der Waals surface area contributed by atoms with Crippen LogP contribution in [0.1, 0.15) is 41.4 Å². The zero-order chi connectivity index (χ0) is 18.1. The van der Waals surface area contributed by atoms with E-state index in [2.05, 4.69) is 19.9 Å². The van der Waals surface area contributed by atoms with Gasteiger partial charge < -0.3 is 19.3 Å². The Balaban J connectivity index is 2.09. The molecule has 6 nitrogen and oxygen atoms in total. The third-order valence-corrected chi connectivity index (χ3v) is 4.66. The lowest BCUT2D eigenvalue weighted by atomic mass is 9.98. The standard InChI is InChI=1S/C19H24N2O4/c1-12(2)15-9-13(3)8-14-10-16(19(23)24)21(18(14)15)11-17(22)20-4-6-25-7-5-20/h8-10,12H,4-7,11H2,1-3H3,(H,23,24). The molecule has 1 fully saturated rings. The number of fused-ring (bicyclic) bond motifs is 1. The molecule has 1 N–H and O–H groups in total. The van der Waals surface area contributed by atoms with Crippen molar-refractivity contribution in [2.24, 2.45) is 0 Å². The summed E-state index contributed by atoms with van der Waals surface area (Å²) in [4.78, 5) is 26.2. The largest absolute Gasteiger partial charge is 0.477 e. The quantitative estimate of drug-likeness (QED) is 0.925. The summed E-state index contributed by atoms with van der Waals surface area (Å²) < 4.78 is 6.94. The number of hydrogen-bond donors (Lipinski definition) is 1. The average Bonchev–Trinajstić information content (AvgIpc) is 2.93. The van der Waals surface area contributed by atoms with Crippen LogP contribution in [0.3, 0.4) is 0 Å². The number of hydrogen-bond acceptors (Lipinski definition) is 3. The van der Waals surface area contributed by atoms with Crippen molar-refractivity contribution < 1.29 is 19.4 Å². The Morgan fingerprint density at radius 3 is 2.48 bits per heavy atom. The van der Waals surface area contributed by atoms with Gasteiger partial charge in [-0.2, -0.15) is 0 Å². The molecule has 0 radical (unpaired) electrons. The van der Waals surface area contributed by atoms with E-state index in [1.165, 1.54) is 0 Å². The summed E-state index contributed by atoms with van der Waals surface area (Å²) in [6.45, 7) is 8.36. The second-order valence-corrected chi connectivity index (χ2v) is 6.86. The van der Waals surface area contributed by atoms with Crippen LogP contribution in [0.4, 0.5) is 0 Å². The van der Waals surface area contributed by atoms with Gasteiger partial charge in [-0.15, -0.1) is 0 Å². The van der Waals surface area contributed by atoms with Crippen molar-refractivity contribution in [2.45, 2.75) is 33.2 Å². The molecule has 2 heterocycles. The lowest BCUT2D eigenvalue weighted by molar-refractivity contribution is -0.135. The maximum Gasteiger partial charge on any atom is 0.352 e. The molecular formula is C19H24N2O4. The third-order valence-electron chi connectivity index (χ3n) is 4.66. The topological polar surface area (TPSA) is 71.8 Å². The molecule has 25 heavy (non-hydrogen) atoms. The van der Waals surface area contributed by atoms with E-state index >= 15 is 0 Å². The Hall–Kier alpha value is -2.34. The highest BCUT2D eigenvalue weighted by Gasteiger charge is 2.23. The second-order valence-electron chi connectivity index (χ2n) is 6.86. The predicted octanol–water partition coefficient (Wildman–Crippen LogP) is 2.63. The van der Waals surface area contributed by atoms with Crippen molar-refractivity contribution in [2.75, 3.05) is 26.3 Å². The van der Waals surface area contributed by atoms with Gasteiger partial charge in [0.05, 0.1) is 18.7 Å². The number of benzene rings is 1. The minimum atomic E-state index is -1.02. The number of aromatic carboxylic acids is 1. The Kier molecular flexibility index (Phi) is 4.81. The summed E-state index contributed by atoms with van der Waals surface area (Å²) in [5.74, 6) is -0.854. The molecule has 3 rings (SSSR count). The van der Waals surface area contributed by atoms with Crippen molar-refractivity contribution in [3.8, 4) is 0 Å². The first-order valence-electron chi connectivity index (χ1n) is 8.61. The highest BCUT2D eigenvalue weighted by Crippen LogP contribution is 2.30. The van der Waals surface area contributed by atoms with Crippen LogP contribution in [-0.4, -0.2) is 52.8 Å². The van der Waals surface area contributed by atoms with Gasteiger partial charge in [-0.3, -0.25) is 4.79 Å². The maximum atomic E-state index is 12.7. The highest BCUT2D eigenvalue weighted by atomic mass is 16.5. The van der Waals surface area contributed by atoms with E-state index in [0.29, 0.717) is 26.3 Å². The van der Waals surface area contributed by atoms with Crippen LogP contribution in [0.25, 0.3) is 10.9 Å². The fourth-order valence-electron chi connectivity index (χ4n) is 3.43. The van der Waals surface area contributed by atoms with E-state index in [0.717, 1.165) is 22.0 Å². The van der Waals surface area contributed by atoms with Crippen molar-refractivity contribution in [3.63, 3.8) is 0 Å². The molecule has 6 heteroatoms. The van der Waals surface area contributed by atoms with Gasteiger partial charge in [0.25, 0.3) is 0 Å². The Morgan fingerprint density at radius 2 is 1.88 bits per heavy atom. The van der Waals surface area contributed by atoms with E-state index in [1.54, 1.807) is 15.5 Å². The number of nitrogens with zero attached hydrogens (tertiary/aromatic N) is 2. The van der Waals surface area contributed by atoms with Crippen LogP contribution in [0.5, 0.6) is 0 Å². The van der Waals surface area contributed by atoms with Crippen LogP contribution in [0, 0.1) is 6.92 Å². The maximum absolute atomic E-state index is 12.7. The molecule has 1 aromatic heterocycles. The number of carboxylic acid groups (broad SMARTS) is 1. The van der Waals surface area contributed by atoms with Gasteiger partial charge in [0.2, 0.25) is 5.91 Å². The third kappa shape index (κ3) is 3.39. The number of rotatable bonds is 4. The molecule has 0 saturated carbocycles. The zero-order valence-electron chi connectivity index (χ0n) is 14.9. The molecule has 0 bridgehead atoms. The molecule has 0 aliphatic carbocycles. The lowest BCUT2D eigenvalue weighted by Gasteiger charge is -2.27. The summed E-state index contributed by atoms with van der Waals surface area (Å²) in [6.07, 6.45) is 0. The molecule has 1 aromatic carbocycles. The number of aromatic nitrogens is 1. The smallest absolute Gasteiger partial charge is 0.352 e. The van der Waals surface area contributed by atoms with Gasteiger partial charge in [0.15, 0.2) is 0 Å². The minimum Gasteiger partial charge on any atom is -0.477 e. The van der Waals surface area contributed by atoms with Gasteiger partial charge in [-0.25, -0.2) is 4.79 Å². The van der Waals surface area contributed by atoms with Gasteiger partial charge in [-0.05, 0) is 30.5 Å². The molecule has 1 aliphatic rings. The van der Waals surface area contributed by atoms with Crippen molar-refractivity contribution in [1.82, 2.24) is 9.47 Å². The first kappa shape index (κ1) is 17.5. The van der Waals surface area contributed by atoms with Crippen LogP contribution in [0.15, 0.2) is 18.2 Å². The Labute approximate surface area is 147 Å². The highest BCUT2D eigenvalue weighted by molar-refractivity contribution is 5.97. The molecule has 1 saturated heterocycles. The second kappa shape index (κ2) is 6.88. The monoisotopic (exact) mass is 344 g/mol. The molecule has 1 amide bonds. The molecule has 1 aliphatic heterocycles. The Morgan fingerprint density at radius 1 is 1.20 bits per heavy atom. The summed E-state index contributed by atoms with van der Waals surface area (Å²) in [6, 6.07) is 5.72. The first-order valence-corrected chi connectivity index (χ1v) is 8.61. The molecular weight excluding hydrogens is 320 g/mol. The number of carbonyl (C=O) groups is 2. The van der Waals surface area contributed by atoms with E-state index in [9.17, 15) is 14.7 Å². The number of carbonyl (C=O) groups excluding carboxylic acids is 1. The van der Waals surface area contributed by atoms with Crippen LogP contribution >= 0.6 is 0 Å². The van der Waals surface area contributed by atoms with Crippen molar-refractivity contribution in [1.29, 1.82) is 0 Å². The predicted molar refractivity (Wildman–Crippen MR) is 95.1 cm³/mol. The summed E-state index contributed by atoms with van der Waals surface area (Å²) in [7, 11) is 0. The number of carboxylic acids is 1. The van der Waals surface area contributed by atoms with Crippen LogP contribution in [-0.2, 0) is 16.1 Å². The van der Waals surface area contributed by atoms with Crippen molar-refractivity contribution >= 4 is 22.8 Å². The average molecular weight is 344 g/mol. The number of morpholine rings is 1. The number of aryl methyl sites for hydroxylation is 1. The fraction of sp³-hybridized carbons (Fsp3) is 0.474. The van der Waals surface area contributed by atoms with Crippen LogP contribution < -0.4 is 0 Å². The van der Waals surface area contributed by atoms with Gasteiger partial charge in [0.1, 0.15) is 12.2 Å². The number of ether oxygens (including phenoxy) is 1. The van der Waals surface area contributed by atoms with Crippen LogP contribution in [0.2, 0.25) is 0 Å². The minimum absolute atomic E-state index is 0.0356. The van der Waals surface area contributed by atoms with Gasteiger partial charge >= 0.3 is 5.97 Å². The molecule has 0 atom stereocenters. The molecule has 134 valence electrons. The van der Waals surface area contributed by atoms with E-state index in [1.807, 2.05) is 13.0 Å². The summed E-state index contributed by atoms with van der Waals surface area (Å²) >= 11 is 0. The first-order chi connectivity index (χ1) is 11.9. The summed E-state index contributed by atoms with van der Waals surface area (Å²) in [5, 5.41) is 10.5. The van der Waals surface area contributed by atoms with Crippen molar-refractivity contribution in [3.05, 3.63) is 35.0 Å². The lowest BCUT2D eigenvalue weighted by Crippen LogP contribution is -2.42. The molecule has 2 aromatic rings. The fourth-order valence-corrected chi connectivity index (χ4v) is 3.43. The normalized spacial score (nSPS) is 15.1. The number of amides is 1. The zero-order valence-corrected chi connectivity index (χ0v) is 14.9. The van der Waals surface area contributed by atoms with E-state index < -0.39 is 5.97 Å². The van der Waals surface area contributed by atoms with Gasteiger partial charge in [-0.1, -0.05) is 25.5 Å². The summed E-state index contributed by atoms with van der Waals surface area (Å²) in [5.41, 5.74) is 3.16. The SMILES string of the molecule is Cc1cc(C(C)C)c2c(c1)cc(C(=O)O)n2CC(=O)N1CCOCC1.